The molecule has 1 N–H and O–H groups in total. The Labute approximate surface area is 150 Å². The van der Waals surface area contributed by atoms with Crippen LogP contribution in [0.3, 0.4) is 0 Å². The number of imidazole rings is 1. The Morgan fingerprint density at radius 3 is 2.84 bits per heavy atom. The molecule has 4 nitrogen and oxygen atoms in total. The molecule has 2 heterocycles. The van der Waals surface area contributed by atoms with Gasteiger partial charge in [0.15, 0.2) is 0 Å². The second-order valence-electron chi connectivity index (χ2n) is 7.36. The minimum Gasteiger partial charge on any atom is -0.348 e. The molecule has 5 heteroatoms. The number of hydrogen-bond acceptors (Lipinski definition) is 3. The van der Waals surface area contributed by atoms with E-state index < -0.39 is 0 Å². The highest BCUT2D eigenvalue weighted by Gasteiger charge is 2.21. The highest BCUT2D eigenvalue weighted by molar-refractivity contribution is 5.16. The van der Waals surface area contributed by atoms with Crippen molar-refractivity contribution in [1.82, 2.24) is 19.8 Å². The molecule has 0 amide bonds. The first kappa shape index (κ1) is 18.1. The molecule has 1 aliphatic rings. The number of aromatic amines is 1. The molecule has 0 unspecified atom stereocenters. The van der Waals surface area contributed by atoms with Crippen LogP contribution in [0.15, 0.2) is 30.6 Å². The third-order valence-electron chi connectivity index (χ3n) is 5.16. The summed E-state index contributed by atoms with van der Waals surface area (Å²) in [5.74, 6) is 0.559. The maximum atomic E-state index is 13.0. The Hall–Kier alpha value is -1.72. The summed E-state index contributed by atoms with van der Waals surface area (Å²) in [6, 6.07) is 6.91. The van der Waals surface area contributed by atoms with Crippen LogP contribution in [0.4, 0.5) is 4.39 Å². The molecule has 2 aromatic rings. The van der Waals surface area contributed by atoms with Crippen LogP contribution in [0.5, 0.6) is 0 Å². The second-order valence-corrected chi connectivity index (χ2v) is 7.36. The summed E-state index contributed by atoms with van der Waals surface area (Å²) in [6.45, 7) is 7.49. The summed E-state index contributed by atoms with van der Waals surface area (Å²) in [6.07, 6.45) is 5.34. The molecule has 0 bridgehead atoms. The van der Waals surface area contributed by atoms with Gasteiger partial charge in [0.05, 0.1) is 12.0 Å². The quantitative estimate of drug-likeness (QED) is 0.837. The number of likely N-dealkylation sites (tertiary alicyclic amines) is 1. The summed E-state index contributed by atoms with van der Waals surface area (Å²) < 4.78 is 13.0. The SMILES string of the molecule is Cc1[nH]cnc1CN(C)C[C@H]1CCCN(CCc2ccc(F)cc2)C1. The standard InChI is InChI=1S/C20H29FN4/c1-16-20(23-15-22-16)14-24(2)12-18-4-3-10-25(13-18)11-9-17-5-7-19(21)8-6-17/h5-8,15,18H,3-4,9-14H2,1-2H3,(H,22,23)/t18-/m1/s1. The third kappa shape index (κ3) is 5.38. The van der Waals surface area contributed by atoms with Crippen molar-refractivity contribution in [2.24, 2.45) is 5.92 Å². The van der Waals surface area contributed by atoms with Crippen LogP contribution in [0, 0.1) is 18.7 Å². The average Bonchev–Trinajstić information content (AvgIpc) is 2.99. The van der Waals surface area contributed by atoms with Gasteiger partial charge in [-0.15, -0.1) is 0 Å². The first-order chi connectivity index (χ1) is 12.1. The van der Waals surface area contributed by atoms with E-state index >= 15 is 0 Å². The summed E-state index contributed by atoms with van der Waals surface area (Å²) in [5.41, 5.74) is 3.53. The maximum Gasteiger partial charge on any atom is 0.123 e. The van der Waals surface area contributed by atoms with Gasteiger partial charge >= 0.3 is 0 Å². The van der Waals surface area contributed by atoms with E-state index in [0.29, 0.717) is 5.92 Å². The van der Waals surface area contributed by atoms with Crippen molar-refractivity contribution in [3.05, 3.63) is 53.4 Å². The van der Waals surface area contributed by atoms with Gasteiger partial charge in [-0.25, -0.2) is 9.37 Å². The predicted octanol–water partition coefficient (Wildman–Crippen LogP) is 3.24. The molecular formula is C20H29FN4. The van der Waals surface area contributed by atoms with Gasteiger partial charge in [-0.3, -0.25) is 0 Å². The highest BCUT2D eigenvalue weighted by Crippen LogP contribution is 2.19. The molecule has 0 saturated carbocycles. The molecule has 0 radical (unpaired) electrons. The lowest BCUT2D eigenvalue weighted by Crippen LogP contribution is -2.40. The Morgan fingerprint density at radius 1 is 1.32 bits per heavy atom. The molecule has 25 heavy (non-hydrogen) atoms. The number of nitrogens with zero attached hydrogens (tertiary/aromatic N) is 3. The lowest BCUT2D eigenvalue weighted by atomic mass is 9.97. The van der Waals surface area contributed by atoms with Crippen molar-refractivity contribution >= 4 is 0 Å². The van der Waals surface area contributed by atoms with Crippen LogP contribution >= 0.6 is 0 Å². The highest BCUT2D eigenvalue weighted by atomic mass is 19.1. The number of halogens is 1. The molecular weight excluding hydrogens is 315 g/mol. The zero-order chi connectivity index (χ0) is 17.6. The van der Waals surface area contributed by atoms with E-state index in [1.54, 1.807) is 18.5 Å². The van der Waals surface area contributed by atoms with Crippen LogP contribution < -0.4 is 0 Å². The van der Waals surface area contributed by atoms with Gasteiger partial charge in [0.1, 0.15) is 5.82 Å². The van der Waals surface area contributed by atoms with Gasteiger partial charge in [0.25, 0.3) is 0 Å². The van der Waals surface area contributed by atoms with Crippen LogP contribution in [-0.4, -0.2) is 53.0 Å². The fraction of sp³-hybridized carbons (Fsp3) is 0.550. The number of benzene rings is 1. The van der Waals surface area contributed by atoms with Crippen molar-refractivity contribution in [1.29, 1.82) is 0 Å². The first-order valence-electron chi connectivity index (χ1n) is 9.24. The van der Waals surface area contributed by atoms with Crippen molar-refractivity contribution in [3.63, 3.8) is 0 Å². The summed E-state index contributed by atoms with van der Waals surface area (Å²) in [7, 11) is 2.19. The van der Waals surface area contributed by atoms with E-state index in [-0.39, 0.29) is 5.82 Å². The van der Waals surface area contributed by atoms with E-state index in [1.165, 1.54) is 24.9 Å². The summed E-state index contributed by atoms with van der Waals surface area (Å²) in [4.78, 5) is 12.5. The zero-order valence-corrected chi connectivity index (χ0v) is 15.3. The molecule has 1 aliphatic heterocycles. The minimum atomic E-state index is -0.156. The number of nitrogens with one attached hydrogen (secondary N) is 1. The van der Waals surface area contributed by atoms with E-state index in [1.807, 2.05) is 12.1 Å². The van der Waals surface area contributed by atoms with E-state index in [0.717, 1.165) is 44.0 Å². The fourth-order valence-corrected chi connectivity index (χ4v) is 3.75. The Balaban J connectivity index is 1.44. The van der Waals surface area contributed by atoms with Crippen molar-refractivity contribution in [3.8, 4) is 0 Å². The first-order valence-corrected chi connectivity index (χ1v) is 9.24. The lowest BCUT2D eigenvalue weighted by molar-refractivity contribution is 0.142. The second kappa shape index (κ2) is 8.59. The van der Waals surface area contributed by atoms with E-state index in [2.05, 4.69) is 33.7 Å². The smallest absolute Gasteiger partial charge is 0.123 e. The number of hydrogen-bond donors (Lipinski definition) is 1. The third-order valence-corrected chi connectivity index (χ3v) is 5.16. The van der Waals surface area contributed by atoms with Crippen LogP contribution in [0.1, 0.15) is 29.8 Å². The van der Waals surface area contributed by atoms with Gasteiger partial charge in [-0.2, -0.15) is 0 Å². The van der Waals surface area contributed by atoms with Gasteiger partial charge in [-0.05, 0) is 63.4 Å². The number of aryl methyl sites for hydroxylation is 1. The molecule has 136 valence electrons. The van der Waals surface area contributed by atoms with Crippen molar-refractivity contribution < 1.29 is 4.39 Å². The number of rotatable bonds is 7. The average molecular weight is 344 g/mol. The normalized spacial score (nSPS) is 18.8. The molecule has 3 rings (SSSR count). The van der Waals surface area contributed by atoms with Crippen molar-refractivity contribution in [2.75, 3.05) is 33.2 Å². The Bertz CT molecular complexity index is 652. The van der Waals surface area contributed by atoms with Crippen LogP contribution in [-0.2, 0) is 13.0 Å². The summed E-state index contributed by atoms with van der Waals surface area (Å²) in [5, 5.41) is 0. The molecule has 1 aromatic heterocycles. The molecule has 1 saturated heterocycles. The number of piperidine rings is 1. The number of aromatic nitrogens is 2. The molecule has 1 atom stereocenters. The predicted molar refractivity (Wildman–Crippen MR) is 98.9 cm³/mol. The van der Waals surface area contributed by atoms with Gasteiger partial charge < -0.3 is 14.8 Å². The maximum absolute atomic E-state index is 13.0. The molecule has 1 fully saturated rings. The largest absolute Gasteiger partial charge is 0.348 e. The van der Waals surface area contributed by atoms with Gasteiger partial charge in [0.2, 0.25) is 0 Å². The topological polar surface area (TPSA) is 35.2 Å². The van der Waals surface area contributed by atoms with Crippen molar-refractivity contribution in [2.45, 2.75) is 32.7 Å². The fourth-order valence-electron chi connectivity index (χ4n) is 3.75. The van der Waals surface area contributed by atoms with E-state index in [9.17, 15) is 4.39 Å². The van der Waals surface area contributed by atoms with Crippen LogP contribution in [0.2, 0.25) is 0 Å². The minimum absolute atomic E-state index is 0.156. The van der Waals surface area contributed by atoms with Gasteiger partial charge in [-0.1, -0.05) is 12.1 Å². The summed E-state index contributed by atoms with van der Waals surface area (Å²) >= 11 is 0. The zero-order valence-electron chi connectivity index (χ0n) is 15.3. The lowest BCUT2D eigenvalue weighted by Gasteiger charge is -2.34. The van der Waals surface area contributed by atoms with Gasteiger partial charge in [0, 0.05) is 31.9 Å². The Morgan fingerprint density at radius 2 is 2.12 bits per heavy atom. The Kier molecular flexibility index (Phi) is 6.21. The van der Waals surface area contributed by atoms with Crippen LogP contribution in [0.25, 0.3) is 0 Å². The molecule has 0 aliphatic carbocycles. The van der Waals surface area contributed by atoms with E-state index in [4.69, 9.17) is 0 Å². The molecule has 0 spiro atoms. The monoisotopic (exact) mass is 344 g/mol. The number of H-pyrrole nitrogens is 1. The molecule has 1 aromatic carbocycles.